The fraction of sp³-hybridized carbons (Fsp3) is 0.205. The monoisotopic (exact) mass is 1510 g/mol. The highest BCUT2D eigenvalue weighted by atomic mass is 35.5. The Morgan fingerprint density at radius 1 is 0.537 bits per heavy atom. The van der Waals surface area contributed by atoms with Gasteiger partial charge in [0.1, 0.15) is 88.2 Å². The van der Waals surface area contributed by atoms with Gasteiger partial charge in [-0.3, -0.25) is 33.7 Å². The summed E-state index contributed by atoms with van der Waals surface area (Å²) in [4.78, 5) is 122. The van der Waals surface area contributed by atoms with Crippen molar-refractivity contribution in [2.75, 3.05) is 7.05 Å². The molecule has 9 aromatic carbocycles. The second kappa shape index (κ2) is 29.6. The Hall–Kier alpha value is -12.8. The molecule has 17 bridgehead atoms. The number of nitrogens with zero attached hydrogens (tertiary/aromatic N) is 1. The maximum absolute atomic E-state index is 16.2. The summed E-state index contributed by atoms with van der Waals surface area (Å²) in [5.41, 5.74) is -0.981. The van der Waals surface area contributed by atoms with Crippen molar-refractivity contribution in [3.63, 3.8) is 0 Å². The van der Waals surface area contributed by atoms with Crippen LogP contribution in [0.15, 0.2) is 164 Å². The number of phenols is 6. The number of aliphatic hydroxyl groups excluding tert-OH is 1. The van der Waals surface area contributed by atoms with Crippen LogP contribution in [-0.4, -0.2) is 118 Å². The molecule has 0 fully saturated rings. The smallest absolute Gasteiger partial charge is 0.408 e. The molecule has 0 spiro atoms. The summed E-state index contributed by atoms with van der Waals surface area (Å²) in [5, 5.41) is 112. The van der Waals surface area contributed by atoms with Gasteiger partial charge in [0.15, 0.2) is 29.0 Å². The number of carboxylic acid groups (broad SMARTS) is 1. The number of fused-ring (bicyclic) bond motifs is 14. The number of rotatable bonds is 7. The van der Waals surface area contributed by atoms with Crippen molar-refractivity contribution in [1.82, 2.24) is 42.1 Å². The SMILES string of the molecule is CN(Cc1ccc(-c2ccccc2)cc1)Cc1c(O)cc2c(c1O)-c1cc(ccc1O)[C@@H]1NC(=O)[C@H]3NC(=O)[C@H]4NC(=O)[C@H](Cc5ccc(c(Cl)c5)Oc5cc3cc(c5O)Oc3ccc(cc3Cl)C(O)[C@H](NC1=O)C(=O)N[C@@H]2C(=O)O)NC(=O)[C@H](NC(=O)OC(C)(C)C)c1ccc(O)c(c1)Oc1cc(O)cc4c1. The van der Waals surface area contributed by atoms with E-state index in [2.05, 4.69) is 37.2 Å². The predicted octanol–water partition coefficient (Wildman–Crippen LogP) is 9.85. The molecule has 7 amide bonds. The highest BCUT2D eigenvalue weighted by molar-refractivity contribution is 6.32. The van der Waals surface area contributed by atoms with Crippen LogP contribution < -0.4 is 51.4 Å². The molecule has 6 heterocycles. The summed E-state index contributed by atoms with van der Waals surface area (Å²) in [7, 11) is 1.67. The van der Waals surface area contributed by atoms with Crippen molar-refractivity contribution >= 4 is 70.7 Å². The second-order valence-corrected chi connectivity index (χ2v) is 28.0. The second-order valence-electron chi connectivity index (χ2n) is 27.2. The molecule has 6 aliphatic heterocycles. The molecule has 28 nitrogen and oxygen atoms in total. The largest absolute Gasteiger partial charge is 0.508 e. The molecule has 0 aromatic heterocycles. The molecule has 15 N–H and O–H groups in total. The fourth-order valence-corrected chi connectivity index (χ4v) is 13.5. The van der Waals surface area contributed by atoms with Gasteiger partial charge in [-0.15, -0.1) is 0 Å². The van der Waals surface area contributed by atoms with Crippen LogP contribution >= 0.6 is 23.2 Å². The van der Waals surface area contributed by atoms with Crippen LogP contribution in [0.25, 0.3) is 22.3 Å². The molecule has 30 heteroatoms. The fourth-order valence-electron chi connectivity index (χ4n) is 13.1. The lowest BCUT2D eigenvalue weighted by Gasteiger charge is -2.31. The van der Waals surface area contributed by atoms with Gasteiger partial charge >= 0.3 is 12.1 Å². The van der Waals surface area contributed by atoms with Gasteiger partial charge in [-0.1, -0.05) is 102 Å². The Morgan fingerprint density at radius 3 is 1.79 bits per heavy atom. The first-order valence-electron chi connectivity index (χ1n) is 33.5. The minimum atomic E-state index is -2.26. The van der Waals surface area contributed by atoms with E-state index in [-0.39, 0.29) is 85.1 Å². The number of aliphatic carboxylic acids is 1. The molecule has 0 aliphatic carbocycles. The van der Waals surface area contributed by atoms with Crippen LogP contribution in [0.2, 0.25) is 10.0 Å². The molecule has 554 valence electrons. The third kappa shape index (κ3) is 15.5. The number of amides is 7. The van der Waals surface area contributed by atoms with E-state index in [0.29, 0.717) is 0 Å². The molecule has 9 aromatic rings. The van der Waals surface area contributed by atoms with E-state index in [0.717, 1.165) is 77.4 Å². The van der Waals surface area contributed by atoms with Gasteiger partial charge in [0.05, 0.1) is 15.6 Å². The number of alkyl carbamates (subject to hydrolysis) is 1. The maximum Gasteiger partial charge on any atom is 0.408 e. The number of aromatic hydroxyl groups is 6. The Labute approximate surface area is 624 Å². The van der Waals surface area contributed by atoms with Crippen molar-refractivity contribution < 1.29 is 98.2 Å². The molecule has 0 saturated carbocycles. The first kappa shape index (κ1) is 73.5. The highest BCUT2D eigenvalue weighted by Crippen LogP contribution is 2.50. The quantitative estimate of drug-likeness (QED) is 0.0705. The third-order valence-corrected chi connectivity index (χ3v) is 18.9. The van der Waals surface area contributed by atoms with Crippen molar-refractivity contribution in [2.45, 2.75) is 94.3 Å². The highest BCUT2D eigenvalue weighted by Gasteiger charge is 2.42. The van der Waals surface area contributed by atoms with E-state index in [9.17, 15) is 55.2 Å². The van der Waals surface area contributed by atoms with Crippen molar-refractivity contribution in [3.05, 3.63) is 224 Å². The number of hydrogen-bond donors (Lipinski definition) is 15. The van der Waals surface area contributed by atoms with Crippen molar-refractivity contribution in [1.29, 1.82) is 0 Å². The van der Waals surface area contributed by atoms with Crippen LogP contribution in [0.3, 0.4) is 0 Å². The van der Waals surface area contributed by atoms with Gasteiger partial charge < -0.3 is 97.0 Å². The molecule has 8 atom stereocenters. The van der Waals surface area contributed by atoms with Crippen molar-refractivity contribution in [3.8, 4) is 91.2 Å². The number of aliphatic hydroxyl groups is 1. The Bertz CT molecular complexity index is 5180. The lowest BCUT2D eigenvalue weighted by molar-refractivity contribution is -0.143. The van der Waals surface area contributed by atoms with Gasteiger partial charge in [-0.2, -0.15) is 0 Å². The zero-order valence-electron chi connectivity index (χ0n) is 57.5. The average Bonchev–Trinajstić information content (AvgIpc) is 0.754. The van der Waals surface area contributed by atoms with E-state index < -0.39 is 171 Å². The summed E-state index contributed by atoms with van der Waals surface area (Å²) >= 11 is 13.9. The normalized spacial score (nSPS) is 19.9. The van der Waals surface area contributed by atoms with Gasteiger partial charge in [0.25, 0.3) is 0 Å². The zero-order chi connectivity index (χ0) is 76.9. The summed E-state index contributed by atoms with van der Waals surface area (Å²) in [6, 6.07) is 23.7. The lowest BCUT2D eigenvalue weighted by atomic mass is 9.88. The Balaban J connectivity index is 0.973. The maximum atomic E-state index is 16.2. The number of ether oxygens (including phenoxy) is 4. The standard InChI is InChI=1S/C78H68Cl2N8O20/c1-78(2,3)108-77(104)87-62-40-16-19-53(91)57(28-40)105-45-25-42(24-44(89)31-45)63-73(99)84-64-43-29-58(106-55-20-12-36(22-49(55)79)23-51(70(96)82-63)81-71(62)97)69(95)59(30-43)107-56-21-17-41(27-50(56)80)67(93)66-75(101)85-65(76(102)103)47-32-54(92)48(34-88(4)33-35-10-13-38(14-11-35)37-8-6-5-7-9-37)68(94)60(47)46-26-39(15-18-52(46)90)61(72(98)86-66)83-74(64)100/h5-22,24-32,51,61-67,89-95H,23,33-34H2,1-4H3,(H,81,97)(H,82,96)(H,83,100)(H,84,99)(H,85,101)(H,86,98)(H,87,104)(H,102,103)/t51-,61-,62+,63-,64-,65-,66-,67?/m0/s1. The zero-order valence-corrected chi connectivity index (χ0v) is 59.0. The van der Waals surface area contributed by atoms with Gasteiger partial charge in [-0.25, -0.2) is 9.59 Å². The molecule has 0 radical (unpaired) electrons. The lowest BCUT2D eigenvalue weighted by Crippen LogP contribution is -2.55. The number of hydrogen-bond acceptors (Lipinski definition) is 20. The van der Waals surface area contributed by atoms with Crippen LogP contribution in [0.4, 0.5) is 4.79 Å². The third-order valence-electron chi connectivity index (χ3n) is 18.3. The molecule has 6 aliphatic rings. The number of carbonyl (C=O) groups is 8. The van der Waals surface area contributed by atoms with Gasteiger partial charge in [0.2, 0.25) is 41.2 Å². The van der Waals surface area contributed by atoms with E-state index >= 15 is 24.0 Å². The van der Waals surface area contributed by atoms with E-state index in [1.54, 1.807) is 32.7 Å². The number of carbonyl (C=O) groups excluding carboxylic acids is 7. The minimum Gasteiger partial charge on any atom is -0.508 e. The van der Waals surface area contributed by atoms with Gasteiger partial charge in [-0.05, 0) is 157 Å². The summed E-state index contributed by atoms with van der Waals surface area (Å²) in [6.07, 6.45) is -3.72. The number of halogens is 2. The topological polar surface area (TPSA) is 423 Å². The summed E-state index contributed by atoms with van der Waals surface area (Å²) in [5.74, 6) is -15.7. The van der Waals surface area contributed by atoms with Crippen LogP contribution in [0.1, 0.15) is 107 Å². The molecular formula is C78H68Cl2N8O20. The van der Waals surface area contributed by atoms with Crippen LogP contribution in [0, 0.1) is 0 Å². The average molecular weight is 1510 g/mol. The Kier molecular flexibility index (Phi) is 20.2. The number of carboxylic acids is 1. The van der Waals surface area contributed by atoms with E-state index in [1.165, 1.54) is 48.5 Å². The predicted molar refractivity (Wildman–Crippen MR) is 387 cm³/mol. The van der Waals surface area contributed by atoms with Crippen LogP contribution in [0.5, 0.6) is 69.0 Å². The summed E-state index contributed by atoms with van der Waals surface area (Å²) < 4.78 is 24.3. The van der Waals surface area contributed by atoms with Crippen molar-refractivity contribution in [2.24, 2.45) is 0 Å². The molecule has 1 unspecified atom stereocenters. The molecular weight excluding hydrogens is 1440 g/mol. The number of nitrogens with one attached hydrogen (secondary N) is 7. The summed E-state index contributed by atoms with van der Waals surface area (Å²) in [6.45, 7) is 4.71. The van der Waals surface area contributed by atoms with E-state index in [1.807, 2.05) is 54.6 Å². The number of phenolic OH excluding ortho intramolecular Hbond substituents is 6. The Morgan fingerprint density at radius 2 is 1.13 bits per heavy atom. The molecule has 15 rings (SSSR count). The van der Waals surface area contributed by atoms with Gasteiger partial charge in [0, 0.05) is 42.3 Å². The number of benzene rings is 9. The minimum absolute atomic E-state index is 0.0131. The molecule has 108 heavy (non-hydrogen) atoms. The first-order chi connectivity index (χ1) is 51.4. The van der Waals surface area contributed by atoms with Crippen LogP contribution in [-0.2, 0) is 57.8 Å². The van der Waals surface area contributed by atoms with E-state index in [4.69, 9.17) is 42.1 Å². The molecule has 0 saturated heterocycles. The first-order valence-corrected chi connectivity index (χ1v) is 34.3.